The first kappa shape index (κ1) is 12.6. The summed E-state index contributed by atoms with van der Waals surface area (Å²) in [5, 5.41) is 0. The summed E-state index contributed by atoms with van der Waals surface area (Å²) >= 11 is 0. The SMILES string of the molecule is O=[PH](Oc1cccc(F)c1)Oc1cccc(F)c1. The van der Waals surface area contributed by atoms with Crippen LogP contribution >= 0.6 is 8.25 Å². The minimum absolute atomic E-state index is 0.0929. The summed E-state index contributed by atoms with van der Waals surface area (Å²) in [5.74, 6) is -0.827. The molecule has 0 aliphatic rings. The normalized spacial score (nSPS) is 10.4. The second-order valence-corrected chi connectivity index (χ2v) is 4.28. The maximum atomic E-state index is 12.8. The third kappa shape index (κ3) is 3.57. The van der Waals surface area contributed by atoms with Crippen LogP contribution in [0.1, 0.15) is 0 Å². The molecule has 18 heavy (non-hydrogen) atoms. The Morgan fingerprint density at radius 2 is 1.28 bits per heavy atom. The Morgan fingerprint density at radius 3 is 1.67 bits per heavy atom. The zero-order valence-corrected chi connectivity index (χ0v) is 10.1. The fraction of sp³-hybridized carbons (Fsp3) is 0. The van der Waals surface area contributed by atoms with Gasteiger partial charge in [-0.15, -0.1) is 0 Å². The molecule has 0 radical (unpaired) electrons. The van der Waals surface area contributed by atoms with Crippen LogP contribution in [0.2, 0.25) is 0 Å². The van der Waals surface area contributed by atoms with Gasteiger partial charge >= 0.3 is 8.25 Å². The zero-order chi connectivity index (χ0) is 13.0. The molecule has 6 heteroatoms. The van der Waals surface area contributed by atoms with Crippen LogP contribution in [0, 0.1) is 11.6 Å². The number of hydrogen-bond acceptors (Lipinski definition) is 3. The number of rotatable bonds is 4. The fourth-order valence-corrected chi connectivity index (χ4v) is 1.95. The van der Waals surface area contributed by atoms with Crippen LogP contribution < -0.4 is 9.05 Å². The Bertz CT molecular complexity index is 525. The lowest BCUT2D eigenvalue weighted by molar-refractivity contribution is 0.413. The minimum atomic E-state index is -2.91. The maximum absolute atomic E-state index is 12.8. The number of benzene rings is 2. The first-order valence-electron chi connectivity index (χ1n) is 5.04. The van der Waals surface area contributed by atoms with Crippen LogP contribution in [-0.2, 0) is 4.57 Å². The predicted molar refractivity (Wildman–Crippen MR) is 63.1 cm³/mol. The highest BCUT2D eigenvalue weighted by Crippen LogP contribution is 2.30. The van der Waals surface area contributed by atoms with E-state index < -0.39 is 19.9 Å². The quantitative estimate of drug-likeness (QED) is 0.792. The molecule has 0 amide bonds. The van der Waals surface area contributed by atoms with Gasteiger partial charge in [-0.05, 0) is 24.3 Å². The fourth-order valence-electron chi connectivity index (χ4n) is 1.27. The molecule has 0 aliphatic carbocycles. The second-order valence-electron chi connectivity index (χ2n) is 3.37. The van der Waals surface area contributed by atoms with E-state index in [1.807, 2.05) is 0 Å². The van der Waals surface area contributed by atoms with Crippen molar-refractivity contribution in [2.45, 2.75) is 0 Å². The average Bonchev–Trinajstić information content (AvgIpc) is 2.28. The van der Waals surface area contributed by atoms with Gasteiger partial charge in [-0.2, -0.15) is 0 Å². The molecule has 0 aliphatic heterocycles. The highest BCUT2D eigenvalue weighted by atomic mass is 31.1. The van der Waals surface area contributed by atoms with E-state index in [-0.39, 0.29) is 11.5 Å². The molecule has 0 bridgehead atoms. The van der Waals surface area contributed by atoms with Crippen LogP contribution in [0.5, 0.6) is 11.5 Å². The van der Waals surface area contributed by atoms with E-state index in [9.17, 15) is 13.3 Å². The van der Waals surface area contributed by atoms with Crippen molar-refractivity contribution >= 4 is 8.25 Å². The molecule has 0 saturated heterocycles. The Hall–Kier alpha value is -1.87. The van der Waals surface area contributed by atoms with Gasteiger partial charge in [0.2, 0.25) is 0 Å². The molecular weight excluding hydrogens is 261 g/mol. The van der Waals surface area contributed by atoms with Crippen molar-refractivity contribution in [2.24, 2.45) is 0 Å². The smallest absolute Gasteiger partial charge is 0.418 e. The van der Waals surface area contributed by atoms with E-state index in [0.29, 0.717) is 0 Å². The molecule has 0 saturated carbocycles. The predicted octanol–water partition coefficient (Wildman–Crippen LogP) is 3.81. The summed E-state index contributed by atoms with van der Waals surface area (Å²) in [4.78, 5) is 0. The van der Waals surface area contributed by atoms with Crippen molar-refractivity contribution in [3.63, 3.8) is 0 Å². The monoisotopic (exact) mass is 270 g/mol. The molecule has 94 valence electrons. The zero-order valence-electron chi connectivity index (χ0n) is 9.10. The van der Waals surface area contributed by atoms with E-state index >= 15 is 0 Å². The van der Waals surface area contributed by atoms with Gasteiger partial charge in [-0.25, -0.2) is 13.3 Å². The number of hydrogen-bond donors (Lipinski definition) is 0. The Morgan fingerprint density at radius 1 is 0.833 bits per heavy atom. The molecule has 0 aromatic heterocycles. The lowest BCUT2D eigenvalue weighted by atomic mass is 10.3. The minimum Gasteiger partial charge on any atom is -0.418 e. The van der Waals surface area contributed by atoms with Gasteiger partial charge in [0.1, 0.15) is 23.1 Å². The molecule has 0 spiro atoms. The first-order valence-corrected chi connectivity index (χ1v) is 6.27. The van der Waals surface area contributed by atoms with Crippen LogP contribution in [0.4, 0.5) is 8.78 Å². The van der Waals surface area contributed by atoms with Gasteiger partial charge < -0.3 is 9.05 Å². The van der Waals surface area contributed by atoms with Crippen LogP contribution in [0.25, 0.3) is 0 Å². The molecule has 0 fully saturated rings. The van der Waals surface area contributed by atoms with E-state index in [4.69, 9.17) is 9.05 Å². The second kappa shape index (κ2) is 5.65. The molecular formula is C12H9F2O3P. The molecule has 2 aromatic rings. The molecule has 0 heterocycles. The lowest BCUT2D eigenvalue weighted by Crippen LogP contribution is -1.89. The standard InChI is InChI=1S/C12H9F2O3P/c13-9-3-1-5-11(7-9)16-18(15)17-12-6-2-4-10(14)8-12/h1-8,18H. The van der Waals surface area contributed by atoms with Crippen LogP contribution in [0.15, 0.2) is 48.5 Å². The summed E-state index contributed by atoms with van der Waals surface area (Å²) in [6, 6.07) is 10.4. The number of halogens is 2. The molecule has 2 rings (SSSR count). The highest BCUT2D eigenvalue weighted by Gasteiger charge is 2.05. The Kier molecular flexibility index (Phi) is 3.95. The van der Waals surface area contributed by atoms with Gasteiger partial charge in [-0.3, -0.25) is 0 Å². The Balaban J connectivity index is 2.01. The van der Waals surface area contributed by atoms with Crippen molar-refractivity contribution in [3.05, 3.63) is 60.2 Å². The lowest BCUT2D eigenvalue weighted by Gasteiger charge is -2.07. The first-order chi connectivity index (χ1) is 8.63. The summed E-state index contributed by atoms with van der Waals surface area (Å²) in [5.41, 5.74) is 0. The van der Waals surface area contributed by atoms with Crippen LogP contribution in [0.3, 0.4) is 0 Å². The van der Waals surface area contributed by atoms with Gasteiger partial charge in [0.15, 0.2) is 0 Å². The maximum Gasteiger partial charge on any atom is 0.418 e. The molecule has 0 N–H and O–H groups in total. The van der Waals surface area contributed by atoms with Crippen molar-refractivity contribution in [1.82, 2.24) is 0 Å². The van der Waals surface area contributed by atoms with Gasteiger partial charge in [0.05, 0.1) is 0 Å². The molecule has 0 unspecified atom stereocenters. The van der Waals surface area contributed by atoms with Crippen molar-refractivity contribution in [3.8, 4) is 11.5 Å². The van der Waals surface area contributed by atoms with Gasteiger partial charge in [-0.1, -0.05) is 12.1 Å². The van der Waals surface area contributed by atoms with Crippen LogP contribution in [-0.4, -0.2) is 0 Å². The van der Waals surface area contributed by atoms with E-state index in [1.165, 1.54) is 36.4 Å². The molecule has 3 nitrogen and oxygen atoms in total. The molecule has 2 aromatic carbocycles. The van der Waals surface area contributed by atoms with E-state index in [1.54, 1.807) is 0 Å². The topological polar surface area (TPSA) is 35.5 Å². The van der Waals surface area contributed by atoms with Crippen molar-refractivity contribution < 1.29 is 22.4 Å². The summed E-state index contributed by atoms with van der Waals surface area (Å²) in [7, 11) is -2.91. The Labute approximate surface area is 103 Å². The van der Waals surface area contributed by atoms with E-state index in [2.05, 4.69) is 0 Å². The van der Waals surface area contributed by atoms with Crippen molar-refractivity contribution in [2.75, 3.05) is 0 Å². The van der Waals surface area contributed by atoms with Gasteiger partial charge in [0.25, 0.3) is 0 Å². The molecule has 0 atom stereocenters. The summed E-state index contributed by atoms with van der Waals surface area (Å²) < 4.78 is 47.0. The van der Waals surface area contributed by atoms with Gasteiger partial charge in [0, 0.05) is 12.1 Å². The largest absolute Gasteiger partial charge is 0.418 e. The van der Waals surface area contributed by atoms with E-state index in [0.717, 1.165) is 12.1 Å². The highest BCUT2D eigenvalue weighted by molar-refractivity contribution is 7.34. The average molecular weight is 270 g/mol. The summed E-state index contributed by atoms with van der Waals surface area (Å²) in [6.07, 6.45) is 0. The van der Waals surface area contributed by atoms with Crippen molar-refractivity contribution in [1.29, 1.82) is 0 Å². The third-order valence-electron chi connectivity index (χ3n) is 1.99. The third-order valence-corrected chi connectivity index (χ3v) is 2.80. The summed E-state index contributed by atoms with van der Waals surface area (Å²) in [6.45, 7) is 0.